The van der Waals surface area contributed by atoms with E-state index in [0.29, 0.717) is 22.3 Å². The van der Waals surface area contributed by atoms with Crippen LogP contribution >= 0.6 is 11.3 Å². The number of ether oxygens (including phenoxy) is 1. The molecular formula is C12H19NO4S2. The van der Waals surface area contributed by atoms with Crippen LogP contribution in [0.1, 0.15) is 22.6 Å². The largest absolute Gasteiger partial charge is 0.391 e. The van der Waals surface area contributed by atoms with Gasteiger partial charge in [-0.1, -0.05) is 0 Å². The first-order valence-electron chi connectivity index (χ1n) is 6.30. The molecule has 0 unspecified atom stereocenters. The molecule has 1 saturated carbocycles. The second kappa shape index (κ2) is 6.32. The van der Waals surface area contributed by atoms with Crippen LogP contribution in [-0.4, -0.2) is 33.3 Å². The van der Waals surface area contributed by atoms with Crippen molar-refractivity contribution in [1.29, 1.82) is 0 Å². The fraction of sp³-hybridized carbons (Fsp3) is 0.667. The summed E-state index contributed by atoms with van der Waals surface area (Å²) < 4.78 is 32.0. The van der Waals surface area contributed by atoms with Gasteiger partial charge in [0.2, 0.25) is 10.0 Å². The third kappa shape index (κ3) is 4.25. The van der Waals surface area contributed by atoms with Crippen molar-refractivity contribution < 1.29 is 18.3 Å². The monoisotopic (exact) mass is 305 g/mol. The van der Waals surface area contributed by atoms with Gasteiger partial charge in [0.15, 0.2) is 0 Å². The van der Waals surface area contributed by atoms with E-state index in [4.69, 9.17) is 9.84 Å². The van der Waals surface area contributed by atoms with Gasteiger partial charge in [0, 0.05) is 22.9 Å². The predicted molar refractivity (Wildman–Crippen MR) is 73.7 cm³/mol. The summed E-state index contributed by atoms with van der Waals surface area (Å²) in [6.45, 7) is 3.01. The highest BCUT2D eigenvalue weighted by Crippen LogP contribution is 2.28. The minimum atomic E-state index is -3.50. The van der Waals surface area contributed by atoms with Crippen LogP contribution in [0.5, 0.6) is 0 Å². The summed E-state index contributed by atoms with van der Waals surface area (Å²) in [5.74, 6) is 0.683. The average Bonchev–Trinajstić information content (AvgIpc) is 3.10. The molecule has 1 aromatic rings. The molecule has 0 aromatic carbocycles. The smallest absolute Gasteiger partial charge is 0.241 e. The summed E-state index contributed by atoms with van der Waals surface area (Å²) in [4.78, 5) is 1.60. The van der Waals surface area contributed by atoms with Crippen molar-refractivity contribution in [2.75, 3.05) is 19.8 Å². The standard InChI is InChI=1S/C12H19NO4S2/c1-9-12(6-11(7-14)18-9)19(15,16)13-4-5-17-8-10-2-3-10/h6,10,13-14H,2-5,7-8H2,1H3. The number of hydrogen-bond acceptors (Lipinski definition) is 5. The first-order valence-corrected chi connectivity index (χ1v) is 8.60. The molecule has 1 aromatic heterocycles. The van der Waals surface area contributed by atoms with Crippen molar-refractivity contribution in [3.8, 4) is 0 Å². The van der Waals surface area contributed by atoms with E-state index in [9.17, 15) is 8.42 Å². The molecule has 0 amide bonds. The molecule has 2 N–H and O–H groups in total. The normalized spacial score (nSPS) is 15.9. The van der Waals surface area contributed by atoms with Crippen LogP contribution in [0.2, 0.25) is 0 Å². The SMILES string of the molecule is Cc1sc(CO)cc1S(=O)(=O)NCCOCC1CC1. The van der Waals surface area contributed by atoms with E-state index in [1.165, 1.54) is 30.2 Å². The maximum absolute atomic E-state index is 12.1. The first kappa shape index (κ1) is 14.9. The Hall–Kier alpha value is -0.470. The maximum atomic E-state index is 12.1. The minimum Gasteiger partial charge on any atom is -0.391 e. The van der Waals surface area contributed by atoms with Crippen molar-refractivity contribution in [3.05, 3.63) is 15.8 Å². The van der Waals surface area contributed by atoms with Crippen LogP contribution in [-0.2, 0) is 21.4 Å². The van der Waals surface area contributed by atoms with Crippen molar-refractivity contribution in [2.45, 2.75) is 31.3 Å². The van der Waals surface area contributed by atoms with Gasteiger partial charge in [-0.2, -0.15) is 0 Å². The van der Waals surface area contributed by atoms with E-state index in [1.807, 2.05) is 0 Å². The van der Waals surface area contributed by atoms with E-state index in [2.05, 4.69) is 4.72 Å². The van der Waals surface area contributed by atoms with E-state index >= 15 is 0 Å². The quantitative estimate of drug-likeness (QED) is 0.709. The summed E-state index contributed by atoms with van der Waals surface area (Å²) in [6.07, 6.45) is 2.45. The highest BCUT2D eigenvalue weighted by Gasteiger charge is 2.22. The van der Waals surface area contributed by atoms with Gasteiger partial charge in [0.05, 0.1) is 18.1 Å². The molecule has 0 spiro atoms. The third-order valence-electron chi connectivity index (χ3n) is 2.96. The molecule has 1 fully saturated rings. The average molecular weight is 305 g/mol. The molecule has 19 heavy (non-hydrogen) atoms. The minimum absolute atomic E-state index is 0.133. The fourth-order valence-corrected chi connectivity index (χ4v) is 4.24. The Morgan fingerprint density at radius 1 is 1.53 bits per heavy atom. The van der Waals surface area contributed by atoms with Crippen LogP contribution in [0.15, 0.2) is 11.0 Å². The number of aliphatic hydroxyl groups is 1. The highest BCUT2D eigenvalue weighted by atomic mass is 32.2. The molecule has 1 heterocycles. The Morgan fingerprint density at radius 3 is 2.84 bits per heavy atom. The maximum Gasteiger partial charge on any atom is 0.241 e. The molecule has 108 valence electrons. The molecule has 7 heteroatoms. The van der Waals surface area contributed by atoms with Crippen LogP contribution in [0.4, 0.5) is 0 Å². The predicted octanol–water partition coefficient (Wildman–Crippen LogP) is 1.25. The third-order valence-corrected chi connectivity index (χ3v) is 5.71. The van der Waals surface area contributed by atoms with Crippen LogP contribution in [0.25, 0.3) is 0 Å². The summed E-state index contributed by atoms with van der Waals surface area (Å²) in [7, 11) is -3.50. The van der Waals surface area contributed by atoms with Gasteiger partial charge < -0.3 is 9.84 Å². The lowest BCUT2D eigenvalue weighted by molar-refractivity contribution is 0.129. The zero-order valence-electron chi connectivity index (χ0n) is 10.9. The van der Waals surface area contributed by atoms with Gasteiger partial charge >= 0.3 is 0 Å². The van der Waals surface area contributed by atoms with Crippen LogP contribution in [0, 0.1) is 12.8 Å². The van der Waals surface area contributed by atoms with Crippen molar-refractivity contribution >= 4 is 21.4 Å². The molecule has 0 bridgehead atoms. The molecule has 5 nitrogen and oxygen atoms in total. The van der Waals surface area contributed by atoms with Crippen LogP contribution in [0.3, 0.4) is 0 Å². The van der Waals surface area contributed by atoms with Crippen molar-refractivity contribution in [3.63, 3.8) is 0 Å². The summed E-state index contributed by atoms with van der Waals surface area (Å²) >= 11 is 1.30. The number of hydrogen-bond donors (Lipinski definition) is 2. The van der Waals surface area contributed by atoms with Crippen molar-refractivity contribution in [1.82, 2.24) is 4.72 Å². The number of thiophene rings is 1. The van der Waals surface area contributed by atoms with Gasteiger partial charge in [-0.3, -0.25) is 0 Å². The van der Waals surface area contributed by atoms with E-state index in [-0.39, 0.29) is 18.0 Å². The zero-order valence-corrected chi connectivity index (χ0v) is 12.5. The van der Waals surface area contributed by atoms with Gasteiger partial charge in [0.25, 0.3) is 0 Å². The summed E-state index contributed by atoms with van der Waals surface area (Å²) in [5.41, 5.74) is 0. The van der Waals surface area contributed by atoms with E-state index in [1.54, 1.807) is 6.92 Å². The number of aliphatic hydroxyl groups excluding tert-OH is 1. The Bertz CT molecular complexity index is 520. The molecule has 0 aliphatic heterocycles. The molecule has 1 aliphatic rings. The Labute approximate surface area is 117 Å². The Balaban J connectivity index is 1.83. The molecule has 0 atom stereocenters. The topological polar surface area (TPSA) is 75.6 Å². The lowest BCUT2D eigenvalue weighted by Gasteiger charge is -2.06. The van der Waals surface area contributed by atoms with Gasteiger partial charge in [-0.05, 0) is 31.7 Å². The van der Waals surface area contributed by atoms with Crippen LogP contribution < -0.4 is 4.72 Å². The molecule has 0 saturated heterocycles. The number of rotatable bonds is 8. The molecular weight excluding hydrogens is 286 g/mol. The Morgan fingerprint density at radius 2 is 2.26 bits per heavy atom. The lowest BCUT2D eigenvalue weighted by atomic mass is 10.4. The summed E-state index contributed by atoms with van der Waals surface area (Å²) in [6, 6.07) is 1.52. The zero-order chi connectivity index (χ0) is 13.9. The first-order chi connectivity index (χ1) is 9.03. The number of sulfonamides is 1. The van der Waals surface area contributed by atoms with Crippen molar-refractivity contribution in [2.24, 2.45) is 5.92 Å². The number of aryl methyl sites for hydroxylation is 1. The molecule has 2 rings (SSSR count). The fourth-order valence-electron chi connectivity index (χ4n) is 1.73. The van der Waals surface area contributed by atoms with Gasteiger partial charge in [-0.25, -0.2) is 13.1 Å². The van der Waals surface area contributed by atoms with E-state index < -0.39 is 10.0 Å². The van der Waals surface area contributed by atoms with Gasteiger partial charge in [-0.15, -0.1) is 11.3 Å². The lowest BCUT2D eigenvalue weighted by Crippen LogP contribution is -2.27. The highest BCUT2D eigenvalue weighted by molar-refractivity contribution is 7.89. The van der Waals surface area contributed by atoms with E-state index in [0.717, 1.165) is 6.61 Å². The summed E-state index contributed by atoms with van der Waals surface area (Å²) in [5, 5.41) is 9.02. The second-order valence-electron chi connectivity index (χ2n) is 4.71. The Kier molecular flexibility index (Phi) is 4.97. The second-order valence-corrected chi connectivity index (χ2v) is 7.78. The number of nitrogens with one attached hydrogen (secondary N) is 1. The van der Waals surface area contributed by atoms with Gasteiger partial charge in [0.1, 0.15) is 0 Å². The molecule has 1 aliphatic carbocycles. The molecule has 0 radical (unpaired) electrons.